The van der Waals surface area contributed by atoms with Gasteiger partial charge in [-0.15, -0.1) is 11.8 Å². The number of ether oxygens (including phenoxy) is 1. The van der Waals surface area contributed by atoms with E-state index in [0.29, 0.717) is 12.2 Å². The van der Waals surface area contributed by atoms with Gasteiger partial charge in [0.1, 0.15) is 11.0 Å². The number of para-hydroxylation sites is 1. The molecule has 0 radical (unpaired) electrons. The first-order chi connectivity index (χ1) is 13.1. The molecule has 0 aromatic heterocycles. The maximum atomic E-state index is 13.3. The Kier molecular flexibility index (Phi) is 4.66. The van der Waals surface area contributed by atoms with Gasteiger partial charge in [0, 0.05) is 6.54 Å². The number of rotatable bonds is 4. The predicted octanol–water partition coefficient (Wildman–Crippen LogP) is 3.97. The molecule has 0 bridgehead atoms. The molecule has 0 aliphatic carbocycles. The number of aryl methyl sites for hydroxylation is 1. The Morgan fingerprint density at radius 3 is 2.52 bits per heavy atom. The van der Waals surface area contributed by atoms with Gasteiger partial charge in [0.25, 0.3) is 5.91 Å². The minimum atomic E-state index is -0.305. The highest BCUT2D eigenvalue weighted by Crippen LogP contribution is 2.37. The van der Waals surface area contributed by atoms with Crippen molar-refractivity contribution < 1.29 is 14.3 Å². The Morgan fingerprint density at radius 1 is 1.07 bits per heavy atom. The number of thioether (sulfide) groups is 1. The maximum absolute atomic E-state index is 13.3. The number of fused-ring (bicyclic) bond motifs is 1. The van der Waals surface area contributed by atoms with Gasteiger partial charge in [-0.2, -0.15) is 0 Å². The molecule has 6 heteroatoms. The fourth-order valence-electron chi connectivity index (χ4n) is 3.48. The van der Waals surface area contributed by atoms with E-state index in [4.69, 9.17) is 4.74 Å². The highest BCUT2D eigenvalue weighted by atomic mass is 32.2. The fourth-order valence-corrected chi connectivity index (χ4v) is 4.52. The Bertz CT molecular complexity index is 910. The number of benzene rings is 2. The molecule has 4 rings (SSSR count). The lowest BCUT2D eigenvalue weighted by molar-refractivity contribution is -0.119. The zero-order valence-corrected chi connectivity index (χ0v) is 16.0. The molecule has 2 atom stereocenters. The number of methoxy groups -OCH3 is 1. The van der Waals surface area contributed by atoms with Crippen molar-refractivity contribution in [3.8, 4) is 5.75 Å². The molecule has 2 aliphatic heterocycles. The molecule has 2 aliphatic rings. The average Bonchev–Trinajstić information content (AvgIpc) is 3.17. The van der Waals surface area contributed by atoms with Gasteiger partial charge in [-0.3, -0.25) is 4.79 Å². The van der Waals surface area contributed by atoms with E-state index in [1.54, 1.807) is 12.0 Å². The van der Waals surface area contributed by atoms with Gasteiger partial charge < -0.3 is 9.64 Å². The van der Waals surface area contributed by atoms with E-state index >= 15 is 0 Å². The van der Waals surface area contributed by atoms with Crippen molar-refractivity contribution in [3.05, 3.63) is 71.1 Å². The summed E-state index contributed by atoms with van der Waals surface area (Å²) in [7, 11) is 1.62. The third kappa shape index (κ3) is 3.10. The second kappa shape index (κ2) is 7.12. The van der Waals surface area contributed by atoms with Crippen LogP contribution in [-0.2, 0) is 11.3 Å². The maximum Gasteiger partial charge on any atom is 0.332 e. The number of anilines is 1. The monoisotopic (exact) mass is 380 g/mol. The second-order valence-corrected chi connectivity index (χ2v) is 7.65. The van der Waals surface area contributed by atoms with Gasteiger partial charge >= 0.3 is 6.03 Å². The van der Waals surface area contributed by atoms with Crippen molar-refractivity contribution in [1.82, 2.24) is 4.90 Å². The number of hydrogen-bond acceptors (Lipinski definition) is 4. The molecule has 5 nitrogen and oxygen atoms in total. The fraction of sp³-hybridized carbons (Fsp3) is 0.238. The summed E-state index contributed by atoms with van der Waals surface area (Å²) in [5.74, 6) is 0.620. The van der Waals surface area contributed by atoms with Crippen LogP contribution in [0.3, 0.4) is 0 Å². The molecule has 2 aromatic carbocycles. The first-order valence-corrected chi connectivity index (χ1v) is 9.69. The SMILES string of the molecule is COc1ccc(CN2C(=O)N(c3ccccc3C)C(=O)C3SC=CC32)cc1. The zero-order chi connectivity index (χ0) is 19.0. The minimum Gasteiger partial charge on any atom is -0.497 e. The summed E-state index contributed by atoms with van der Waals surface area (Å²) < 4.78 is 5.20. The Labute approximate surface area is 162 Å². The van der Waals surface area contributed by atoms with Crippen LogP contribution >= 0.6 is 11.8 Å². The van der Waals surface area contributed by atoms with E-state index in [-0.39, 0.29) is 23.2 Å². The average molecular weight is 380 g/mol. The summed E-state index contributed by atoms with van der Waals surface area (Å²) in [5, 5.41) is 1.61. The first-order valence-electron chi connectivity index (χ1n) is 8.75. The van der Waals surface area contributed by atoms with Crippen LogP contribution in [0.4, 0.5) is 10.5 Å². The molecule has 138 valence electrons. The number of nitrogens with zero attached hydrogens (tertiary/aromatic N) is 2. The Hall–Kier alpha value is -2.73. The van der Waals surface area contributed by atoms with Crippen LogP contribution in [0.25, 0.3) is 0 Å². The Morgan fingerprint density at radius 2 is 1.81 bits per heavy atom. The zero-order valence-electron chi connectivity index (χ0n) is 15.2. The normalized spacial score (nSPS) is 21.6. The molecule has 2 heterocycles. The van der Waals surface area contributed by atoms with Gasteiger partial charge in [0.15, 0.2) is 0 Å². The van der Waals surface area contributed by atoms with Gasteiger partial charge in [-0.05, 0) is 41.7 Å². The van der Waals surface area contributed by atoms with Crippen LogP contribution in [0.15, 0.2) is 60.0 Å². The quantitative estimate of drug-likeness (QED) is 0.805. The van der Waals surface area contributed by atoms with Crippen molar-refractivity contribution in [2.75, 3.05) is 12.0 Å². The Balaban J connectivity index is 1.69. The van der Waals surface area contributed by atoms with E-state index in [0.717, 1.165) is 16.9 Å². The van der Waals surface area contributed by atoms with Gasteiger partial charge in [-0.25, -0.2) is 9.69 Å². The topological polar surface area (TPSA) is 49.9 Å². The van der Waals surface area contributed by atoms with Crippen molar-refractivity contribution in [1.29, 1.82) is 0 Å². The van der Waals surface area contributed by atoms with Crippen molar-refractivity contribution >= 4 is 29.4 Å². The van der Waals surface area contributed by atoms with E-state index in [1.807, 2.05) is 66.9 Å². The van der Waals surface area contributed by atoms with Crippen molar-refractivity contribution in [2.24, 2.45) is 0 Å². The third-order valence-corrected chi connectivity index (χ3v) is 6.03. The largest absolute Gasteiger partial charge is 0.497 e. The second-order valence-electron chi connectivity index (χ2n) is 6.59. The van der Waals surface area contributed by atoms with Crippen LogP contribution in [0, 0.1) is 6.92 Å². The highest BCUT2D eigenvalue weighted by Gasteiger charge is 2.48. The van der Waals surface area contributed by atoms with Crippen LogP contribution in [0.2, 0.25) is 0 Å². The van der Waals surface area contributed by atoms with E-state index in [1.165, 1.54) is 16.7 Å². The molecule has 27 heavy (non-hydrogen) atoms. The third-order valence-electron chi connectivity index (χ3n) is 4.94. The lowest BCUT2D eigenvalue weighted by atomic mass is 10.0. The number of amides is 3. The van der Waals surface area contributed by atoms with Crippen LogP contribution in [0.1, 0.15) is 11.1 Å². The number of hydrogen-bond donors (Lipinski definition) is 0. The van der Waals surface area contributed by atoms with Gasteiger partial charge in [0.05, 0.1) is 18.8 Å². The first kappa shape index (κ1) is 17.7. The molecule has 0 N–H and O–H groups in total. The van der Waals surface area contributed by atoms with Gasteiger partial charge in [0.2, 0.25) is 0 Å². The highest BCUT2D eigenvalue weighted by molar-refractivity contribution is 8.03. The van der Waals surface area contributed by atoms with Crippen molar-refractivity contribution in [3.63, 3.8) is 0 Å². The molecule has 1 saturated heterocycles. The molecule has 0 spiro atoms. The number of carbonyl (C=O) groups excluding carboxylic acids is 2. The number of urea groups is 1. The molecule has 3 amide bonds. The summed E-state index contributed by atoms with van der Waals surface area (Å²) in [6, 6.07) is 14.6. The summed E-state index contributed by atoms with van der Waals surface area (Å²) in [5.41, 5.74) is 2.54. The standard InChI is InChI=1S/C21H20N2O3S/c1-14-5-3-4-6-17(14)23-20(24)19-18(11-12-27-19)22(21(23)25)13-15-7-9-16(26-2)10-8-15/h3-12,18-19H,13H2,1-2H3. The molecular formula is C21H20N2O3S. The summed E-state index contributed by atoms with van der Waals surface area (Å²) >= 11 is 1.48. The predicted molar refractivity (Wildman–Crippen MR) is 107 cm³/mol. The molecule has 2 aromatic rings. The smallest absolute Gasteiger partial charge is 0.332 e. The summed E-state index contributed by atoms with van der Waals surface area (Å²) in [6.07, 6.45) is 1.95. The molecule has 1 fully saturated rings. The molecule has 2 unspecified atom stereocenters. The van der Waals surface area contributed by atoms with E-state index < -0.39 is 0 Å². The van der Waals surface area contributed by atoms with E-state index in [2.05, 4.69) is 0 Å². The summed E-state index contributed by atoms with van der Waals surface area (Å²) in [4.78, 5) is 29.5. The molecule has 0 saturated carbocycles. The van der Waals surface area contributed by atoms with Crippen LogP contribution < -0.4 is 9.64 Å². The number of carbonyl (C=O) groups is 2. The van der Waals surface area contributed by atoms with Crippen LogP contribution in [0.5, 0.6) is 5.75 Å². The van der Waals surface area contributed by atoms with Gasteiger partial charge in [-0.1, -0.05) is 36.4 Å². The van der Waals surface area contributed by atoms with E-state index in [9.17, 15) is 9.59 Å². The molecular weight excluding hydrogens is 360 g/mol. The summed E-state index contributed by atoms with van der Waals surface area (Å²) in [6.45, 7) is 2.35. The number of imide groups is 1. The van der Waals surface area contributed by atoms with Crippen LogP contribution in [-0.4, -0.2) is 35.2 Å². The lowest BCUT2D eigenvalue weighted by Gasteiger charge is -2.41. The van der Waals surface area contributed by atoms with Crippen molar-refractivity contribution in [2.45, 2.75) is 24.8 Å². The lowest BCUT2D eigenvalue weighted by Crippen LogP contribution is -2.61. The minimum absolute atomic E-state index is 0.153.